The quantitative estimate of drug-likeness (QED) is 0.764. The number of rotatable bonds is 5. The molecule has 0 aliphatic carbocycles. The van der Waals surface area contributed by atoms with Crippen LogP contribution in [0, 0.1) is 17.6 Å². The van der Waals surface area contributed by atoms with Gasteiger partial charge in [0.05, 0.1) is 5.56 Å². The predicted octanol–water partition coefficient (Wildman–Crippen LogP) is 3.44. The molecule has 0 radical (unpaired) electrons. The second kappa shape index (κ2) is 9.44. The normalized spacial score (nSPS) is 18.5. The maximum atomic E-state index is 13.9. The Bertz CT molecular complexity index is 956. The number of piperidine rings is 1. The van der Waals surface area contributed by atoms with Crippen molar-refractivity contribution in [3.8, 4) is 0 Å². The molecular formula is C23H27F2N3O2S. The number of carbonyl (C=O) groups excluding carboxylic acids is 2. The molecule has 1 aromatic carbocycles. The van der Waals surface area contributed by atoms with Gasteiger partial charge in [-0.2, -0.15) is 0 Å². The zero-order chi connectivity index (χ0) is 22.0. The monoisotopic (exact) mass is 447 g/mol. The number of benzene rings is 1. The molecule has 2 aliphatic rings. The number of amides is 2. The average Bonchev–Trinajstić information content (AvgIpc) is 3.25. The van der Waals surface area contributed by atoms with Crippen molar-refractivity contribution in [2.75, 3.05) is 26.2 Å². The summed E-state index contributed by atoms with van der Waals surface area (Å²) in [6.45, 7) is 5.43. The number of carbonyl (C=O) groups is 2. The van der Waals surface area contributed by atoms with Gasteiger partial charge in [-0.15, -0.1) is 11.3 Å². The van der Waals surface area contributed by atoms with Crippen molar-refractivity contribution in [1.29, 1.82) is 0 Å². The van der Waals surface area contributed by atoms with Crippen LogP contribution in [0.4, 0.5) is 8.78 Å². The van der Waals surface area contributed by atoms with Gasteiger partial charge in [-0.25, -0.2) is 8.78 Å². The minimum atomic E-state index is -0.855. The highest BCUT2D eigenvalue weighted by Gasteiger charge is 2.29. The fourth-order valence-corrected chi connectivity index (χ4v) is 5.24. The smallest absolute Gasteiger partial charge is 0.256 e. The van der Waals surface area contributed by atoms with Crippen LogP contribution in [-0.2, 0) is 17.8 Å². The molecule has 166 valence electrons. The Morgan fingerprint density at radius 1 is 1.19 bits per heavy atom. The molecule has 1 unspecified atom stereocenters. The van der Waals surface area contributed by atoms with Crippen LogP contribution in [0.2, 0.25) is 0 Å². The largest absolute Gasteiger partial charge is 0.354 e. The number of thiophene rings is 1. The third kappa shape index (κ3) is 4.96. The van der Waals surface area contributed by atoms with Crippen molar-refractivity contribution >= 4 is 23.2 Å². The molecule has 8 heteroatoms. The van der Waals surface area contributed by atoms with E-state index in [0.29, 0.717) is 32.5 Å². The van der Waals surface area contributed by atoms with Crippen molar-refractivity contribution in [3.05, 3.63) is 57.3 Å². The van der Waals surface area contributed by atoms with Gasteiger partial charge in [-0.05, 0) is 55.3 Å². The molecule has 31 heavy (non-hydrogen) atoms. The van der Waals surface area contributed by atoms with Crippen LogP contribution in [0.15, 0.2) is 29.6 Å². The summed E-state index contributed by atoms with van der Waals surface area (Å²) in [5.74, 6) is -2.16. The molecule has 1 fully saturated rings. The van der Waals surface area contributed by atoms with E-state index in [1.165, 1.54) is 21.4 Å². The van der Waals surface area contributed by atoms with E-state index in [0.717, 1.165) is 31.6 Å². The molecule has 2 aromatic rings. The van der Waals surface area contributed by atoms with Crippen LogP contribution < -0.4 is 5.32 Å². The molecule has 2 amide bonds. The summed E-state index contributed by atoms with van der Waals surface area (Å²) in [6, 6.07) is 5.41. The molecule has 3 heterocycles. The lowest BCUT2D eigenvalue weighted by molar-refractivity contribution is -0.126. The number of nitrogens with zero attached hydrogens (tertiary/aromatic N) is 2. The summed E-state index contributed by atoms with van der Waals surface area (Å²) >= 11 is 1.82. The van der Waals surface area contributed by atoms with Crippen molar-refractivity contribution < 1.29 is 18.4 Å². The minimum Gasteiger partial charge on any atom is -0.354 e. The van der Waals surface area contributed by atoms with Gasteiger partial charge in [-0.1, -0.05) is 0 Å². The van der Waals surface area contributed by atoms with Gasteiger partial charge < -0.3 is 10.2 Å². The molecular weight excluding hydrogens is 420 g/mol. The topological polar surface area (TPSA) is 52.7 Å². The van der Waals surface area contributed by atoms with Gasteiger partial charge in [0.15, 0.2) is 0 Å². The SMILES string of the molecule is CC(CNC(=O)C1CCN(C(=O)c2ccc(F)cc2F)CC1)N1CCc2sccc2C1. The number of fused-ring (bicyclic) bond motifs is 1. The first kappa shape index (κ1) is 21.9. The molecule has 2 aliphatic heterocycles. The second-order valence-corrected chi connectivity index (χ2v) is 9.37. The zero-order valence-electron chi connectivity index (χ0n) is 17.6. The first-order valence-electron chi connectivity index (χ1n) is 10.7. The minimum absolute atomic E-state index is 0.0140. The van der Waals surface area contributed by atoms with E-state index in [1.54, 1.807) is 0 Å². The molecule has 0 saturated carbocycles. The van der Waals surface area contributed by atoms with Gasteiger partial charge in [0.1, 0.15) is 11.6 Å². The standard InChI is InChI=1S/C23H27F2N3O2S/c1-15(28-10-6-21-17(14-28)7-11-31-21)13-26-22(29)16-4-8-27(9-5-16)23(30)19-3-2-18(24)12-20(19)25/h2-3,7,11-12,15-16H,4-6,8-10,13-14H2,1H3,(H,26,29). The van der Waals surface area contributed by atoms with Crippen LogP contribution in [0.25, 0.3) is 0 Å². The van der Waals surface area contributed by atoms with Crippen LogP contribution in [0.5, 0.6) is 0 Å². The second-order valence-electron chi connectivity index (χ2n) is 8.37. The summed E-state index contributed by atoms with van der Waals surface area (Å²) in [7, 11) is 0. The number of hydrogen-bond acceptors (Lipinski definition) is 4. The summed E-state index contributed by atoms with van der Waals surface area (Å²) in [6.07, 6.45) is 2.14. The molecule has 0 spiro atoms. The Kier molecular flexibility index (Phi) is 6.67. The lowest BCUT2D eigenvalue weighted by Crippen LogP contribution is -2.47. The highest BCUT2D eigenvalue weighted by molar-refractivity contribution is 7.10. The Labute approximate surface area is 185 Å². The number of nitrogens with one attached hydrogen (secondary N) is 1. The molecule has 1 aromatic heterocycles. The van der Waals surface area contributed by atoms with E-state index >= 15 is 0 Å². The maximum absolute atomic E-state index is 13.9. The molecule has 1 N–H and O–H groups in total. The summed E-state index contributed by atoms with van der Waals surface area (Å²) < 4.78 is 27.0. The van der Waals surface area contributed by atoms with Gasteiger partial charge in [0, 0.05) is 55.6 Å². The van der Waals surface area contributed by atoms with E-state index in [4.69, 9.17) is 0 Å². The van der Waals surface area contributed by atoms with Gasteiger partial charge in [0.25, 0.3) is 5.91 Å². The lowest BCUT2D eigenvalue weighted by atomic mass is 9.95. The molecule has 1 saturated heterocycles. The first-order valence-corrected chi connectivity index (χ1v) is 11.6. The van der Waals surface area contributed by atoms with Crippen LogP contribution in [-0.4, -0.2) is 53.8 Å². The average molecular weight is 448 g/mol. The summed E-state index contributed by atoms with van der Waals surface area (Å²) in [4.78, 5) is 30.6. The van der Waals surface area contributed by atoms with E-state index in [2.05, 4.69) is 28.6 Å². The Morgan fingerprint density at radius 3 is 2.71 bits per heavy atom. The van der Waals surface area contributed by atoms with Crippen LogP contribution in [0.3, 0.4) is 0 Å². The first-order chi connectivity index (χ1) is 14.9. The third-order valence-electron chi connectivity index (χ3n) is 6.35. The highest BCUT2D eigenvalue weighted by atomic mass is 32.1. The van der Waals surface area contributed by atoms with Crippen molar-refractivity contribution in [2.45, 2.75) is 38.8 Å². The van der Waals surface area contributed by atoms with E-state index in [-0.39, 0.29) is 23.4 Å². The Balaban J connectivity index is 1.23. The molecule has 0 bridgehead atoms. The predicted molar refractivity (Wildman–Crippen MR) is 116 cm³/mol. The summed E-state index contributed by atoms with van der Waals surface area (Å²) in [5, 5.41) is 5.22. The van der Waals surface area contributed by atoms with E-state index in [9.17, 15) is 18.4 Å². The number of likely N-dealkylation sites (tertiary alicyclic amines) is 1. The van der Waals surface area contributed by atoms with Crippen LogP contribution in [0.1, 0.15) is 40.6 Å². The Hall–Kier alpha value is -2.32. The van der Waals surface area contributed by atoms with Gasteiger partial charge in [0.2, 0.25) is 5.91 Å². The van der Waals surface area contributed by atoms with Gasteiger partial charge >= 0.3 is 0 Å². The lowest BCUT2D eigenvalue weighted by Gasteiger charge is -2.34. The molecule has 5 nitrogen and oxygen atoms in total. The fourth-order valence-electron chi connectivity index (χ4n) is 4.35. The number of hydrogen-bond donors (Lipinski definition) is 1. The van der Waals surface area contributed by atoms with E-state index in [1.807, 2.05) is 11.3 Å². The summed E-state index contributed by atoms with van der Waals surface area (Å²) in [5.41, 5.74) is 1.26. The van der Waals surface area contributed by atoms with Crippen molar-refractivity contribution in [2.24, 2.45) is 5.92 Å². The van der Waals surface area contributed by atoms with Crippen molar-refractivity contribution in [3.63, 3.8) is 0 Å². The highest BCUT2D eigenvalue weighted by Crippen LogP contribution is 2.25. The Morgan fingerprint density at radius 2 is 1.97 bits per heavy atom. The van der Waals surface area contributed by atoms with Crippen LogP contribution >= 0.6 is 11.3 Å². The van der Waals surface area contributed by atoms with Crippen molar-refractivity contribution in [1.82, 2.24) is 15.1 Å². The number of halogens is 2. The van der Waals surface area contributed by atoms with Gasteiger partial charge in [-0.3, -0.25) is 14.5 Å². The van der Waals surface area contributed by atoms with E-state index < -0.39 is 17.5 Å². The zero-order valence-corrected chi connectivity index (χ0v) is 18.4. The third-order valence-corrected chi connectivity index (χ3v) is 7.37. The fraction of sp³-hybridized carbons (Fsp3) is 0.478. The molecule has 1 atom stereocenters. The molecule has 4 rings (SSSR count). The maximum Gasteiger partial charge on any atom is 0.256 e.